The fraction of sp³-hybridized carbons (Fsp3) is 0.462. The minimum absolute atomic E-state index is 0.00378. The second-order valence-corrected chi connectivity index (χ2v) is 5.61. The Labute approximate surface area is 121 Å². The zero-order chi connectivity index (χ0) is 13.8. The third-order valence-electron chi connectivity index (χ3n) is 3.42. The molecule has 3 rings (SSSR count). The van der Waals surface area contributed by atoms with Crippen LogP contribution in [0.2, 0.25) is 0 Å². The molecule has 106 valence electrons. The normalized spacial score (nSPS) is 23.6. The summed E-state index contributed by atoms with van der Waals surface area (Å²) in [4.78, 5) is 14.8. The standard InChI is InChI=1S/C13H17N5OS/c19-12-7-18(6-10-8-20-9-16-10)5-2-11(12)17-13-14-3-1-4-15-13/h1,3-4,8-9,11-12,19H,2,5-7H2,(H,14,15,17)/t11-,12-/m1/s1. The predicted molar refractivity (Wildman–Crippen MR) is 77.5 cm³/mol. The summed E-state index contributed by atoms with van der Waals surface area (Å²) >= 11 is 1.60. The molecule has 20 heavy (non-hydrogen) atoms. The highest BCUT2D eigenvalue weighted by atomic mass is 32.1. The quantitative estimate of drug-likeness (QED) is 0.875. The maximum Gasteiger partial charge on any atom is 0.222 e. The number of piperidine rings is 1. The molecule has 7 heteroatoms. The van der Waals surface area contributed by atoms with Gasteiger partial charge in [0.05, 0.1) is 23.4 Å². The number of likely N-dealkylation sites (tertiary alicyclic amines) is 1. The van der Waals surface area contributed by atoms with Crippen molar-refractivity contribution in [3.8, 4) is 0 Å². The van der Waals surface area contributed by atoms with Crippen molar-refractivity contribution < 1.29 is 5.11 Å². The molecule has 1 fully saturated rings. The first kappa shape index (κ1) is 13.4. The van der Waals surface area contributed by atoms with E-state index in [1.54, 1.807) is 29.8 Å². The van der Waals surface area contributed by atoms with Crippen LogP contribution >= 0.6 is 11.3 Å². The SMILES string of the molecule is O[C@@H]1CN(Cc2cscn2)CC[C@H]1Nc1ncccn1. The Morgan fingerprint density at radius 3 is 2.90 bits per heavy atom. The molecular formula is C13H17N5OS. The molecule has 0 unspecified atom stereocenters. The lowest BCUT2D eigenvalue weighted by molar-refractivity contribution is 0.0554. The van der Waals surface area contributed by atoms with E-state index < -0.39 is 6.10 Å². The summed E-state index contributed by atoms with van der Waals surface area (Å²) in [6.45, 7) is 2.37. The predicted octanol–water partition coefficient (Wildman–Crippen LogP) is 0.980. The van der Waals surface area contributed by atoms with Crippen molar-refractivity contribution >= 4 is 17.3 Å². The van der Waals surface area contributed by atoms with Gasteiger partial charge in [-0.2, -0.15) is 0 Å². The van der Waals surface area contributed by atoms with Crippen molar-refractivity contribution in [2.45, 2.75) is 25.1 Å². The Morgan fingerprint density at radius 2 is 2.20 bits per heavy atom. The number of thiazole rings is 1. The summed E-state index contributed by atoms with van der Waals surface area (Å²) in [5.41, 5.74) is 2.91. The van der Waals surface area contributed by atoms with Gasteiger partial charge in [0.1, 0.15) is 0 Å². The Morgan fingerprint density at radius 1 is 1.35 bits per heavy atom. The molecule has 2 aromatic rings. The average Bonchev–Trinajstić information content (AvgIpc) is 2.96. The van der Waals surface area contributed by atoms with Gasteiger partial charge in [-0.1, -0.05) is 0 Å². The zero-order valence-corrected chi connectivity index (χ0v) is 11.8. The van der Waals surface area contributed by atoms with Crippen LogP contribution in [0.5, 0.6) is 0 Å². The molecule has 1 saturated heterocycles. The summed E-state index contributed by atoms with van der Waals surface area (Å²) in [5, 5.41) is 15.5. The van der Waals surface area contributed by atoms with Gasteiger partial charge >= 0.3 is 0 Å². The molecule has 6 nitrogen and oxygen atoms in total. The lowest BCUT2D eigenvalue weighted by Crippen LogP contribution is -2.49. The number of β-amino-alcohol motifs (C(OH)–C–C–N with tert-alkyl or cyclic N) is 1. The number of hydrogen-bond acceptors (Lipinski definition) is 7. The lowest BCUT2D eigenvalue weighted by Gasteiger charge is -2.35. The largest absolute Gasteiger partial charge is 0.390 e. The van der Waals surface area contributed by atoms with E-state index in [4.69, 9.17) is 0 Å². The van der Waals surface area contributed by atoms with Crippen LogP contribution in [0.3, 0.4) is 0 Å². The van der Waals surface area contributed by atoms with E-state index in [-0.39, 0.29) is 6.04 Å². The molecule has 2 atom stereocenters. The molecule has 0 saturated carbocycles. The summed E-state index contributed by atoms with van der Waals surface area (Å²) in [5.74, 6) is 0.574. The van der Waals surface area contributed by atoms with E-state index in [0.717, 1.165) is 25.2 Å². The number of anilines is 1. The van der Waals surface area contributed by atoms with Gasteiger partial charge in [-0.3, -0.25) is 4.90 Å². The van der Waals surface area contributed by atoms with Gasteiger partial charge in [-0.15, -0.1) is 11.3 Å². The van der Waals surface area contributed by atoms with E-state index >= 15 is 0 Å². The summed E-state index contributed by atoms with van der Waals surface area (Å²) in [6.07, 6.45) is 3.83. The Balaban J connectivity index is 1.54. The van der Waals surface area contributed by atoms with E-state index in [0.29, 0.717) is 12.5 Å². The molecule has 1 aliphatic rings. The van der Waals surface area contributed by atoms with Crippen LogP contribution in [0.25, 0.3) is 0 Å². The van der Waals surface area contributed by atoms with Crippen LogP contribution in [-0.2, 0) is 6.54 Å². The van der Waals surface area contributed by atoms with Gasteiger partial charge in [0.15, 0.2) is 0 Å². The molecular weight excluding hydrogens is 274 g/mol. The molecule has 2 aromatic heterocycles. The number of rotatable bonds is 4. The van der Waals surface area contributed by atoms with Crippen LogP contribution < -0.4 is 5.32 Å². The van der Waals surface area contributed by atoms with Crippen molar-refractivity contribution in [3.05, 3.63) is 35.0 Å². The topological polar surface area (TPSA) is 74.2 Å². The minimum Gasteiger partial charge on any atom is -0.390 e. The molecule has 0 bridgehead atoms. The molecule has 1 aliphatic heterocycles. The zero-order valence-electron chi connectivity index (χ0n) is 11.0. The summed E-state index contributed by atoms with van der Waals surface area (Å²) in [7, 11) is 0. The van der Waals surface area contributed by atoms with Crippen LogP contribution in [0, 0.1) is 0 Å². The number of aliphatic hydroxyl groups excluding tert-OH is 1. The van der Waals surface area contributed by atoms with Crippen LogP contribution in [0.4, 0.5) is 5.95 Å². The van der Waals surface area contributed by atoms with Gasteiger partial charge in [-0.25, -0.2) is 15.0 Å². The van der Waals surface area contributed by atoms with E-state index in [2.05, 4.69) is 30.5 Å². The highest BCUT2D eigenvalue weighted by Gasteiger charge is 2.28. The van der Waals surface area contributed by atoms with Crippen LogP contribution in [0.1, 0.15) is 12.1 Å². The maximum absolute atomic E-state index is 10.3. The highest BCUT2D eigenvalue weighted by molar-refractivity contribution is 7.07. The number of nitrogens with zero attached hydrogens (tertiary/aromatic N) is 4. The molecule has 0 amide bonds. The lowest BCUT2D eigenvalue weighted by atomic mass is 10.0. The second kappa shape index (κ2) is 6.25. The first-order chi connectivity index (χ1) is 9.81. The third-order valence-corrected chi connectivity index (χ3v) is 4.05. The third kappa shape index (κ3) is 3.30. The van der Waals surface area contributed by atoms with E-state index in [9.17, 15) is 5.11 Å². The summed E-state index contributed by atoms with van der Waals surface area (Å²) in [6, 6.07) is 1.78. The Bertz CT molecular complexity index is 521. The van der Waals surface area contributed by atoms with E-state index in [1.807, 2.05) is 5.51 Å². The van der Waals surface area contributed by atoms with Crippen molar-refractivity contribution in [1.82, 2.24) is 19.9 Å². The highest BCUT2D eigenvalue weighted by Crippen LogP contribution is 2.17. The molecule has 2 N–H and O–H groups in total. The van der Waals surface area contributed by atoms with Crippen molar-refractivity contribution in [1.29, 1.82) is 0 Å². The Hall–Kier alpha value is -1.57. The van der Waals surface area contributed by atoms with E-state index in [1.165, 1.54) is 0 Å². The first-order valence-corrected chi connectivity index (χ1v) is 7.56. The molecule has 3 heterocycles. The minimum atomic E-state index is -0.425. The first-order valence-electron chi connectivity index (χ1n) is 6.62. The second-order valence-electron chi connectivity index (χ2n) is 4.89. The monoisotopic (exact) mass is 291 g/mol. The fourth-order valence-electron chi connectivity index (χ4n) is 2.39. The molecule has 0 aromatic carbocycles. The smallest absolute Gasteiger partial charge is 0.222 e. The van der Waals surface area contributed by atoms with Gasteiger partial charge in [0.2, 0.25) is 5.95 Å². The number of aliphatic hydroxyl groups is 1. The molecule has 0 radical (unpaired) electrons. The number of hydrogen-bond donors (Lipinski definition) is 2. The van der Waals surface area contributed by atoms with Crippen molar-refractivity contribution in [3.63, 3.8) is 0 Å². The number of nitrogens with one attached hydrogen (secondary N) is 1. The van der Waals surface area contributed by atoms with Gasteiger partial charge < -0.3 is 10.4 Å². The maximum atomic E-state index is 10.3. The molecule has 0 spiro atoms. The Kier molecular flexibility index (Phi) is 4.19. The van der Waals surface area contributed by atoms with Gasteiger partial charge in [-0.05, 0) is 12.5 Å². The van der Waals surface area contributed by atoms with Crippen LogP contribution in [0.15, 0.2) is 29.4 Å². The average molecular weight is 291 g/mol. The fourth-order valence-corrected chi connectivity index (χ4v) is 2.94. The van der Waals surface area contributed by atoms with Crippen molar-refractivity contribution in [2.75, 3.05) is 18.4 Å². The van der Waals surface area contributed by atoms with Gasteiger partial charge in [0.25, 0.3) is 0 Å². The van der Waals surface area contributed by atoms with Crippen molar-refractivity contribution in [2.24, 2.45) is 0 Å². The van der Waals surface area contributed by atoms with Crippen LogP contribution in [-0.4, -0.2) is 50.2 Å². The number of aromatic nitrogens is 3. The summed E-state index contributed by atoms with van der Waals surface area (Å²) < 4.78 is 0. The van der Waals surface area contributed by atoms with Gasteiger partial charge in [0, 0.05) is 37.4 Å². The molecule has 0 aliphatic carbocycles.